The smallest absolute Gasteiger partial charge is 0.163 e. The highest BCUT2D eigenvalue weighted by Crippen LogP contribution is 2.38. The Bertz CT molecular complexity index is 981. The van der Waals surface area contributed by atoms with Gasteiger partial charge in [0.2, 0.25) is 5.52 Å². The highest BCUT2D eigenvalue weighted by atomic mass is 32.1. The third kappa shape index (κ3) is 1.87. The van der Waals surface area contributed by atoms with Gasteiger partial charge >= 0.3 is 0 Å². The zero-order valence-corrected chi connectivity index (χ0v) is 13.9. The molecule has 0 saturated carbocycles. The molecule has 1 aromatic carbocycles. The van der Waals surface area contributed by atoms with Crippen LogP contribution in [0.15, 0.2) is 48.7 Å². The van der Waals surface area contributed by atoms with Crippen LogP contribution < -0.4 is 4.40 Å². The molecule has 0 aliphatic rings. The number of benzene rings is 1. The Kier molecular flexibility index (Phi) is 3.34. The Labute approximate surface area is 134 Å². The first-order chi connectivity index (χ1) is 10.8. The molecule has 0 amide bonds. The summed E-state index contributed by atoms with van der Waals surface area (Å²) in [5.74, 6) is 0. The van der Waals surface area contributed by atoms with Gasteiger partial charge in [-0.25, -0.2) is 0 Å². The van der Waals surface area contributed by atoms with Gasteiger partial charge in [0.05, 0.1) is 0 Å². The number of thiophene rings is 1. The molecule has 0 unspecified atom stereocenters. The van der Waals surface area contributed by atoms with E-state index in [9.17, 15) is 0 Å². The maximum atomic E-state index is 2.42. The van der Waals surface area contributed by atoms with Gasteiger partial charge in [-0.05, 0) is 25.0 Å². The van der Waals surface area contributed by atoms with E-state index in [1.807, 2.05) is 11.3 Å². The standard InChI is InChI=1S/C20H20NS/c1-3-9-16-14(4-2)19-15-10-5-6-12-18(15)22-20(19)17-11-7-8-13-21(16)17/h5-8,10-13H,3-4,9H2,1-2H3/q+1. The van der Waals surface area contributed by atoms with E-state index in [1.165, 1.54) is 43.4 Å². The molecule has 110 valence electrons. The number of fused-ring (bicyclic) bond motifs is 5. The molecule has 0 fully saturated rings. The van der Waals surface area contributed by atoms with Gasteiger partial charge in [0.15, 0.2) is 11.9 Å². The first kappa shape index (κ1) is 13.7. The number of aryl methyl sites for hydroxylation is 2. The highest BCUT2D eigenvalue weighted by molar-refractivity contribution is 7.26. The van der Waals surface area contributed by atoms with Crippen LogP contribution in [0.25, 0.3) is 25.7 Å². The number of nitrogens with zero attached hydrogens (tertiary/aromatic N) is 1. The van der Waals surface area contributed by atoms with Crippen molar-refractivity contribution in [3.63, 3.8) is 0 Å². The third-order valence-electron chi connectivity index (χ3n) is 4.47. The van der Waals surface area contributed by atoms with Gasteiger partial charge in [0.1, 0.15) is 4.70 Å². The molecule has 0 spiro atoms. The van der Waals surface area contributed by atoms with Crippen molar-refractivity contribution in [1.29, 1.82) is 0 Å². The van der Waals surface area contributed by atoms with Crippen molar-refractivity contribution < 1.29 is 4.40 Å². The van der Waals surface area contributed by atoms with Crippen molar-refractivity contribution in [3.05, 3.63) is 59.9 Å². The molecule has 3 aromatic heterocycles. The number of hydrogen-bond donors (Lipinski definition) is 0. The molecule has 4 aromatic rings. The summed E-state index contributed by atoms with van der Waals surface area (Å²) in [6, 6.07) is 15.4. The zero-order valence-electron chi connectivity index (χ0n) is 13.1. The highest BCUT2D eigenvalue weighted by Gasteiger charge is 2.22. The van der Waals surface area contributed by atoms with Crippen LogP contribution in [0.4, 0.5) is 0 Å². The van der Waals surface area contributed by atoms with Gasteiger partial charge in [-0.2, -0.15) is 4.40 Å². The van der Waals surface area contributed by atoms with Gasteiger partial charge < -0.3 is 0 Å². The van der Waals surface area contributed by atoms with E-state index < -0.39 is 0 Å². The number of aromatic nitrogens is 1. The maximum Gasteiger partial charge on any atom is 0.228 e. The minimum atomic E-state index is 1.09. The van der Waals surface area contributed by atoms with Crippen LogP contribution in [-0.2, 0) is 12.8 Å². The van der Waals surface area contributed by atoms with Crippen molar-refractivity contribution in [2.75, 3.05) is 0 Å². The molecule has 22 heavy (non-hydrogen) atoms. The molecular weight excluding hydrogens is 286 g/mol. The summed E-state index contributed by atoms with van der Waals surface area (Å²) in [5.41, 5.74) is 4.36. The van der Waals surface area contributed by atoms with Crippen molar-refractivity contribution in [1.82, 2.24) is 0 Å². The zero-order chi connectivity index (χ0) is 15.1. The van der Waals surface area contributed by atoms with Crippen LogP contribution in [-0.4, -0.2) is 0 Å². The fourth-order valence-electron chi connectivity index (χ4n) is 3.57. The summed E-state index contributed by atoms with van der Waals surface area (Å²) in [5, 5.41) is 2.90. The molecule has 0 N–H and O–H groups in total. The lowest BCUT2D eigenvalue weighted by molar-refractivity contribution is -0.521. The number of pyridine rings is 2. The van der Waals surface area contributed by atoms with Crippen molar-refractivity contribution >= 4 is 37.0 Å². The van der Waals surface area contributed by atoms with Gasteiger partial charge in [-0.3, -0.25) is 0 Å². The fraction of sp³-hybridized carbons (Fsp3) is 0.250. The summed E-state index contributed by atoms with van der Waals surface area (Å²) in [4.78, 5) is 0. The molecule has 1 nitrogen and oxygen atoms in total. The molecule has 0 aliphatic carbocycles. The predicted molar refractivity (Wildman–Crippen MR) is 95.9 cm³/mol. The summed E-state index contributed by atoms with van der Waals surface area (Å²) in [7, 11) is 0. The monoisotopic (exact) mass is 306 g/mol. The van der Waals surface area contributed by atoms with Crippen LogP contribution in [0.1, 0.15) is 31.5 Å². The summed E-state index contributed by atoms with van der Waals surface area (Å²) in [6.45, 7) is 4.56. The largest absolute Gasteiger partial charge is 0.228 e. The Balaban J connectivity index is 2.30. The molecule has 0 radical (unpaired) electrons. The van der Waals surface area contributed by atoms with Gasteiger partial charge in [0, 0.05) is 39.6 Å². The van der Waals surface area contributed by atoms with Gasteiger partial charge in [0.25, 0.3) is 0 Å². The van der Waals surface area contributed by atoms with Crippen molar-refractivity contribution in [3.8, 4) is 0 Å². The summed E-state index contributed by atoms with van der Waals surface area (Å²) >= 11 is 1.93. The van der Waals surface area contributed by atoms with Crippen molar-refractivity contribution in [2.24, 2.45) is 0 Å². The molecule has 3 heterocycles. The van der Waals surface area contributed by atoms with Crippen LogP contribution >= 0.6 is 11.3 Å². The van der Waals surface area contributed by atoms with E-state index in [1.54, 1.807) is 0 Å². The Hall–Kier alpha value is -1.93. The maximum absolute atomic E-state index is 2.42. The summed E-state index contributed by atoms with van der Waals surface area (Å²) in [6.07, 6.45) is 5.62. The third-order valence-corrected chi connectivity index (χ3v) is 5.66. The second kappa shape index (κ2) is 5.36. The lowest BCUT2D eigenvalue weighted by atomic mass is 9.99. The molecule has 2 heteroatoms. The van der Waals surface area contributed by atoms with E-state index in [4.69, 9.17) is 0 Å². The van der Waals surface area contributed by atoms with Gasteiger partial charge in [-0.15, -0.1) is 11.3 Å². The van der Waals surface area contributed by atoms with Crippen LogP contribution in [0.2, 0.25) is 0 Å². The Morgan fingerprint density at radius 1 is 1.00 bits per heavy atom. The number of hydrogen-bond acceptors (Lipinski definition) is 1. The topological polar surface area (TPSA) is 4.10 Å². The fourth-order valence-corrected chi connectivity index (χ4v) is 4.82. The molecular formula is C20H20NS+. The predicted octanol–water partition coefficient (Wildman–Crippen LogP) is 5.31. The normalized spacial score (nSPS) is 11.7. The molecule has 0 atom stereocenters. The lowest BCUT2D eigenvalue weighted by Gasteiger charge is -2.07. The van der Waals surface area contributed by atoms with Crippen LogP contribution in [0.5, 0.6) is 0 Å². The lowest BCUT2D eigenvalue weighted by Crippen LogP contribution is -2.29. The summed E-state index contributed by atoms with van der Waals surface area (Å²) < 4.78 is 5.24. The Morgan fingerprint density at radius 2 is 1.82 bits per heavy atom. The molecule has 0 saturated heterocycles. The molecule has 4 rings (SSSR count). The van der Waals surface area contributed by atoms with Gasteiger partial charge in [-0.1, -0.05) is 32.0 Å². The van der Waals surface area contributed by atoms with Crippen molar-refractivity contribution in [2.45, 2.75) is 33.1 Å². The van der Waals surface area contributed by atoms with E-state index >= 15 is 0 Å². The SMILES string of the molecule is CCCc1c(CC)c2c3ccccc3sc2c2cccc[n+]12. The first-order valence-electron chi connectivity index (χ1n) is 8.10. The quantitative estimate of drug-likeness (QED) is 0.452. The number of rotatable bonds is 3. The second-order valence-corrected chi connectivity index (χ2v) is 6.84. The van der Waals surface area contributed by atoms with E-state index in [0.717, 1.165) is 12.8 Å². The second-order valence-electron chi connectivity index (χ2n) is 5.79. The van der Waals surface area contributed by atoms with Crippen LogP contribution in [0.3, 0.4) is 0 Å². The minimum absolute atomic E-state index is 1.09. The van der Waals surface area contributed by atoms with E-state index in [-0.39, 0.29) is 0 Å². The van der Waals surface area contributed by atoms with Crippen LogP contribution in [0, 0.1) is 0 Å². The minimum Gasteiger partial charge on any atom is -0.163 e. The average Bonchev–Trinajstić information content (AvgIpc) is 2.95. The average molecular weight is 306 g/mol. The first-order valence-corrected chi connectivity index (χ1v) is 8.92. The van der Waals surface area contributed by atoms with E-state index in [0.29, 0.717) is 0 Å². The van der Waals surface area contributed by atoms with E-state index in [2.05, 4.69) is 66.9 Å². The molecule has 0 bridgehead atoms. The Morgan fingerprint density at radius 3 is 2.64 bits per heavy atom. The molecule has 0 aliphatic heterocycles.